The zero-order valence-electron chi connectivity index (χ0n) is 13.4. The Morgan fingerprint density at radius 3 is 2.61 bits per heavy atom. The number of nitrogens with zero attached hydrogens (tertiary/aromatic N) is 1. The molecule has 2 heterocycles. The molecule has 3 fully saturated rings. The maximum atomic E-state index is 12.7. The van der Waals surface area contributed by atoms with Crippen LogP contribution in [0, 0.1) is 0 Å². The van der Waals surface area contributed by atoms with E-state index in [-0.39, 0.29) is 24.5 Å². The molecule has 0 aromatic carbocycles. The van der Waals surface area contributed by atoms with Crippen molar-refractivity contribution in [3.05, 3.63) is 0 Å². The topological polar surface area (TPSA) is 87.7 Å². The Morgan fingerprint density at radius 2 is 1.96 bits per heavy atom. The quantitative estimate of drug-likeness (QED) is 0.753. The molecular formula is C16H25N3O4. The van der Waals surface area contributed by atoms with Crippen LogP contribution in [0.1, 0.15) is 51.4 Å². The SMILES string of the molecule is O=C(CN1C(=O)NC2(CCCCCC2)C1=O)NCC1CCCO1. The number of carbonyl (C=O) groups excluding carboxylic acids is 3. The van der Waals surface area contributed by atoms with E-state index in [2.05, 4.69) is 10.6 Å². The highest BCUT2D eigenvalue weighted by Gasteiger charge is 2.51. The summed E-state index contributed by atoms with van der Waals surface area (Å²) in [6.45, 7) is 0.961. The number of urea groups is 1. The summed E-state index contributed by atoms with van der Waals surface area (Å²) in [5.74, 6) is -0.550. The van der Waals surface area contributed by atoms with E-state index in [0.717, 1.165) is 50.0 Å². The molecule has 7 heteroatoms. The van der Waals surface area contributed by atoms with Gasteiger partial charge in [-0.15, -0.1) is 0 Å². The van der Waals surface area contributed by atoms with Gasteiger partial charge < -0.3 is 15.4 Å². The highest BCUT2D eigenvalue weighted by Crippen LogP contribution is 2.32. The Hall–Kier alpha value is -1.63. The van der Waals surface area contributed by atoms with Crippen LogP contribution < -0.4 is 10.6 Å². The van der Waals surface area contributed by atoms with Crippen molar-refractivity contribution < 1.29 is 19.1 Å². The van der Waals surface area contributed by atoms with Crippen LogP contribution in [0.25, 0.3) is 0 Å². The monoisotopic (exact) mass is 323 g/mol. The molecule has 1 saturated carbocycles. The lowest BCUT2D eigenvalue weighted by Crippen LogP contribution is -2.47. The normalized spacial score (nSPS) is 27.1. The first-order valence-electron chi connectivity index (χ1n) is 8.63. The molecule has 4 amide bonds. The summed E-state index contributed by atoms with van der Waals surface area (Å²) >= 11 is 0. The van der Waals surface area contributed by atoms with E-state index in [1.165, 1.54) is 0 Å². The molecule has 2 N–H and O–H groups in total. The number of imide groups is 1. The van der Waals surface area contributed by atoms with Gasteiger partial charge in [0.05, 0.1) is 6.10 Å². The second-order valence-electron chi connectivity index (χ2n) is 6.76. The lowest BCUT2D eigenvalue weighted by atomic mass is 9.90. The Kier molecular flexibility index (Phi) is 4.84. The average Bonchev–Trinajstić information content (AvgIpc) is 3.04. The maximum absolute atomic E-state index is 12.7. The van der Waals surface area contributed by atoms with Gasteiger partial charge in [-0.05, 0) is 25.7 Å². The van der Waals surface area contributed by atoms with Crippen LogP contribution in [0.5, 0.6) is 0 Å². The van der Waals surface area contributed by atoms with Crippen molar-refractivity contribution >= 4 is 17.8 Å². The van der Waals surface area contributed by atoms with E-state index < -0.39 is 11.6 Å². The van der Waals surface area contributed by atoms with Gasteiger partial charge in [-0.2, -0.15) is 0 Å². The molecule has 0 aromatic heterocycles. The Bertz CT molecular complexity index is 480. The van der Waals surface area contributed by atoms with Gasteiger partial charge in [0.1, 0.15) is 12.1 Å². The van der Waals surface area contributed by atoms with E-state index in [0.29, 0.717) is 19.4 Å². The van der Waals surface area contributed by atoms with Crippen LogP contribution in [0.2, 0.25) is 0 Å². The van der Waals surface area contributed by atoms with Gasteiger partial charge in [-0.3, -0.25) is 14.5 Å². The van der Waals surface area contributed by atoms with Crippen molar-refractivity contribution in [1.82, 2.24) is 15.5 Å². The molecule has 3 aliphatic rings. The van der Waals surface area contributed by atoms with Crippen LogP contribution in [-0.4, -0.2) is 54.1 Å². The molecule has 3 rings (SSSR count). The minimum atomic E-state index is -0.775. The molecule has 2 aliphatic heterocycles. The number of hydrogen-bond donors (Lipinski definition) is 2. The Morgan fingerprint density at radius 1 is 1.22 bits per heavy atom. The van der Waals surface area contributed by atoms with Crippen molar-refractivity contribution in [3.63, 3.8) is 0 Å². The summed E-state index contributed by atoms with van der Waals surface area (Å²) in [7, 11) is 0. The fraction of sp³-hybridized carbons (Fsp3) is 0.812. The lowest BCUT2D eigenvalue weighted by Gasteiger charge is -2.24. The molecule has 7 nitrogen and oxygen atoms in total. The number of rotatable bonds is 4. The van der Waals surface area contributed by atoms with Gasteiger partial charge in [0.15, 0.2) is 0 Å². The zero-order chi connectivity index (χ0) is 16.3. The number of nitrogens with one attached hydrogen (secondary N) is 2. The smallest absolute Gasteiger partial charge is 0.325 e. The summed E-state index contributed by atoms with van der Waals surface area (Å²) in [5, 5.41) is 5.60. The summed E-state index contributed by atoms with van der Waals surface area (Å²) in [5.41, 5.74) is -0.775. The Labute approximate surface area is 136 Å². The molecular weight excluding hydrogens is 298 g/mol. The fourth-order valence-electron chi connectivity index (χ4n) is 3.72. The number of ether oxygens (including phenoxy) is 1. The third kappa shape index (κ3) is 3.49. The first kappa shape index (κ1) is 16.2. The number of carbonyl (C=O) groups is 3. The first-order valence-corrected chi connectivity index (χ1v) is 8.63. The summed E-state index contributed by atoms with van der Waals surface area (Å²) < 4.78 is 5.44. The standard InChI is InChI=1S/C16H25N3O4/c20-13(17-10-12-6-5-9-23-12)11-19-14(21)16(18-15(19)22)7-3-1-2-4-8-16/h12H,1-11H2,(H,17,20)(H,18,22). The molecule has 1 atom stereocenters. The minimum absolute atomic E-state index is 0.0512. The second kappa shape index (κ2) is 6.86. The van der Waals surface area contributed by atoms with Crippen molar-refractivity contribution in [3.8, 4) is 0 Å². The van der Waals surface area contributed by atoms with Crippen LogP contribution >= 0.6 is 0 Å². The van der Waals surface area contributed by atoms with Crippen molar-refractivity contribution in [2.24, 2.45) is 0 Å². The van der Waals surface area contributed by atoms with Crippen LogP contribution in [0.15, 0.2) is 0 Å². The third-order valence-corrected chi connectivity index (χ3v) is 5.06. The highest BCUT2D eigenvalue weighted by molar-refractivity contribution is 6.09. The molecule has 128 valence electrons. The Balaban J connectivity index is 1.55. The molecule has 2 saturated heterocycles. The van der Waals surface area contributed by atoms with Gasteiger partial charge in [-0.1, -0.05) is 25.7 Å². The minimum Gasteiger partial charge on any atom is -0.376 e. The summed E-state index contributed by atoms with van der Waals surface area (Å²) in [4.78, 5) is 37.9. The largest absolute Gasteiger partial charge is 0.376 e. The van der Waals surface area contributed by atoms with Crippen molar-refractivity contribution in [1.29, 1.82) is 0 Å². The molecule has 23 heavy (non-hydrogen) atoms. The second-order valence-corrected chi connectivity index (χ2v) is 6.76. The van der Waals surface area contributed by atoms with Crippen LogP contribution in [0.4, 0.5) is 4.79 Å². The molecule has 1 unspecified atom stereocenters. The van der Waals surface area contributed by atoms with Crippen molar-refractivity contribution in [2.75, 3.05) is 19.7 Å². The number of amides is 4. The summed E-state index contributed by atoms with van der Waals surface area (Å²) in [6.07, 6.45) is 7.39. The van der Waals surface area contributed by atoms with E-state index in [9.17, 15) is 14.4 Å². The van der Waals surface area contributed by atoms with E-state index in [1.54, 1.807) is 0 Å². The molecule has 0 bridgehead atoms. The average molecular weight is 323 g/mol. The van der Waals surface area contributed by atoms with E-state index >= 15 is 0 Å². The van der Waals surface area contributed by atoms with E-state index in [4.69, 9.17) is 4.74 Å². The first-order chi connectivity index (χ1) is 11.1. The molecule has 0 radical (unpaired) electrons. The van der Waals surface area contributed by atoms with Gasteiger partial charge in [0.25, 0.3) is 5.91 Å². The van der Waals surface area contributed by atoms with Gasteiger partial charge in [-0.25, -0.2) is 4.79 Å². The molecule has 1 aliphatic carbocycles. The maximum Gasteiger partial charge on any atom is 0.325 e. The van der Waals surface area contributed by atoms with Gasteiger partial charge in [0.2, 0.25) is 5.91 Å². The predicted octanol–water partition coefficient (Wildman–Crippen LogP) is 0.926. The zero-order valence-corrected chi connectivity index (χ0v) is 13.4. The molecule has 1 spiro atoms. The lowest BCUT2D eigenvalue weighted by molar-refractivity contribution is -0.135. The number of hydrogen-bond acceptors (Lipinski definition) is 4. The molecule has 0 aromatic rings. The third-order valence-electron chi connectivity index (χ3n) is 5.06. The van der Waals surface area contributed by atoms with Gasteiger partial charge >= 0.3 is 6.03 Å². The predicted molar refractivity (Wildman–Crippen MR) is 82.7 cm³/mol. The van der Waals surface area contributed by atoms with Crippen molar-refractivity contribution in [2.45, 2.75) is 63.0 Å². The fourth-order valence-corrected chi connectivity index (χ4v) is 3.72. The van der Waals surface area contributed by atoms with Crippen LogP contribution in [0.3, 0.4) is 0 Å². The van der Waals surface area contributed by atoms with Gasteiger partial charge in [0, 0.05) is 13.2 Å². The highest BCUT2D eigenvalue weighted by atomic mass is 16.5. The summed E-state index contributed by atoms with van der Waals surface area (Å²) in [6, 6.07) is -0.441. The van der Waals surface area contributed by atoms with Crippen LogP contribution in [-0.2, 0) is 14.3 Å². The van der Waals surface area contributed by atoms with E-state index in [1.807, 2.05) is 0 Å².